The van der Waals surface area contributed by atoms with E-state index >= 15 is 0 Å². The zero-order chi connectivity index (χ0) is 18.1. The smallest absolute Gasteiger partial charge is 0.230 e. The van der Waals surface area contributed by atoms with Crippen LogP contribution in [0.25, 0.3) is 5.69 Å². The highest BCUT2D eigenvalue weighted by Gasteiger charge is 2.42. The maximum atomic E-state index is 12.4. The lowest BCUT2D eigenvalue weighted by atomic mass is 9.84. The minimum Gasteiger partial charge on any atom is -0.508 e. The van der Waals surface area contributed by atoms with Gasteiger partial charge in [-0.3, -0.25) is 4.79 Å². The Labute approximate surface area is 156 Å². The number of aromatic nitrogens is 4. The van der Waals surface area contributed by atoms with E-state index in [2.05, 4.69) is 27.8 Å². The third-order valence-corrected chi connectivity index (χ3v) is 6.61. The minimum atomic E-state index is 0.0190. The van der Waals surface area contributed by atoms with E-state index in [0.29, 0.717) is 11.1 Å². The fraction of sp³-hybridized carbons (Fsp3) is 0.556. The monoisotopic (exact) mass is 373 g/mol. The van der Waals surface area contributed by atoms with Crippen molar-refractivity contribution in [2.45, 2.75) is 43.8 Å². The molecule has 1 heterocycles. The summed E-state index contributed by atoms with van der Waals surface area (Å²) in [6, 6.07) is 6.84. The molecule has 8 heteroatoms. The van der Waals surface area contributed by atoms with Crippen molar-refractivity contribution < 1.29 is 9.90 Å². The van der Waals surface area contributed by atoms with Crippen molar-refractivity contribution in [2.24, 2.45) is 17.8 Å². The number of hydrogen-bond donors (Lipinski definition) is 2. The molecular formula is C18H23N5O2S. The van der Waals surface area contributed by atoms with Crippen LogP contribution in [0.4, 0.5) is 0 Å². The predicted octanol–water partition coefficient (Wildman–Crippen LogP) is 2.40. The number of carbonyl (C=O) groups excluding carboxylic acids is 1. The Bertz CT molecular complexity index is 778. The van der Waals surface area contributed by atoms with Gasteiger partial charge in [0.2, 0.25) is 11.1 Å². The van der Waals surface area contributed by atoms with Gasteiger partial charge in [-0.05, 0) is 78.6 Å². The molecule has 0 aliphatic heterocycles. The lowest BCUT2D eigenvalue weighted by molar-refractivity contribution is -0.119. The normalized spacial score (nSPS) is 25.3. The summed E-state index contributed by atoms with van der Waals surface area (Å²) in [6.07, 6.45) is 5.31. The number of hydrogen-bond acceptors (Lipinski definition) is 6. The second-order valence-corrected chi connectivity index (χ2v) is 8.32. The van der Waals surface area contributed by atoms with Gasteiger partial charge in [0.15, 0.2) is 0 Å². The van der Waals surface area contributed by atoms with Gasteiger partial charge in [-0.1, -0.05) is 18.2 Å². The Morgan fingerprint density at radius 3 is 2.85 bits per heavy atom. The van der Waals surface area contributed by atoms with Crippen LogP contribution in [-0.4, -0.2) is 43.0 Å². The lowest BCUT2D eigenvalue weighted by Gasteiger charge is -2.28. The Hall–Kier alpha value is -2.09. The molecule has 1 aromatic heterocycles. The number of phenolic OH excluding ortho intramolecular Hbond substituents is 1. The number of fused-ring (bicyclic) bond motifs is 2. The van der Waals surface area contributed by atoms with Crippen molar-refractivity contribution in [1.82, 2.24) is 25.5 Å². The molecule has 2 aliphatic rings. The topological polar surface area (TPSA) is 92.9 Å². The number of amides is 1. The molecule has 2 N–H and O–H groups in total. The van der Waals surface area contributed by atoms with E-state index in [1.165, 1.54) is 37.4 Å². The first kappa shape index (κ1) is 17.3. The summed E-state index contributed by atoms with van der Waals surface area (Å²) in [6.45, 7) is 2.13. The molecule has 2 fully saturated rings. The van der Waals surface area contributed by atoms with Crippen LogP contribution < -0.4 is 5.32 Å². The molecule has 0 saturated heterocycles. The molecule has 4 atom stereocenters. The van der Waals surface area contributed by atoms with Crippen LogP contribution in [0, 0.1) is 17.8 Å². The number of phenols is 1. The second kappa shape index (κ2) is 7.26. The van der Waals surface area contributed by atoms with E-state index in [1.54, 1.807) is 28.9 Å². The third kappa shape index (κ3) is 3.56. The first-order chi connectivity index (χ1) is 12.6. The molecule has 4 rings (SSSR count). The molecular weight excluding hydrogens is 350 g/mol. The quantitative estimate of drug-likeness (QED) is 0.756. The summed E-state index contributed by atoms with van der Waals surface area (Å²) in [7, 11) is 0. The highest BCUT2D eigenvalue weighted by atomic mass is 32.2. The Morgan fingerprint density at radius 2 is 2.15 bits per heavy atom. The summed E-state index contributed by atoms with van der Waals surface area (Å²) in [5.74, 6) is 2.79. The molecule has 2 aliphatic carbocycles. The summed E-state index contributed by atoms with van der Waals surface area (Å²) in [4.78, 5) is 12.4. The Morgan fingerprint density at radius 1 is 1.35 bits per heavy atom. The number of tetrazole rings is 1. The number of rotatable bonds is 6. The standard InChI is InChI=1S/C18H23N5O2S/c1-11(16-9-12-2-3-13(16)8-12)19-17(25)10-26-18-20-21-22-23(18)14-4-6-15(24)7-5-14/h4-7,11-13,16,24H,2-3,8-10H2,1H3,(H,19,25)/t11-,12+,13+,16+/m1/s1. The second-order valence-electron chi connectivity index (χ2n) is 7.37. The molecule has 0 unspecified atom stereocenters. The highest BCUT2D eigenvalue weighted by molar-refractivity contribution is 7.99. The summed E-state index contributed by atoms with van der Waals surface area (Å²) in [5.41, 5.74) is 0.742. The van der Waals surface area contributed by atoms with Gasteiger partial charge in [0, 0.05) is 6.04 Å². The van der Waals surface area contributed by atoms with Crippen molar-refractivity contribution in [3.05, 3.63) is 24.3 Å². The molecule has 138 valence electrons. The van der Waals surface area contributed by atoms with Crippen LogP contribution in [0.3, 0.4) is 0 Å². The zero-order valence-electron chi connectivity index (χ0n) is 14.7. The third-order valence-electron chi connectivity index (χ3n) is 5.69. The van der Waals surface area contributed by atoms with E-state index in [0.717, 1.165) is 17.5 Å². The van der Waals surface area contributed by atoms with E-state index < -0.39 is 0 Å². The Balaban J connectivity index is 1.32. The molecule has 0 spiro atoms. The maximum absolute atomic E-state index is 12.4. The van der Waals surface area contributed by atoms with Crippen LogP contribution in [0.15, 0.2) is 29.4 Å². The van der Waals surface area contributed by atoms with Crippen LogP contribution in [0.2, 0.25) is 0 Å². The molecule has 26 heavy (non-hydrogen) atoms. The van der Waals surface area contributed by atoms with Crippen LogP contribution >= 0.6 is 11.8 Å². The predicted molar refractivity (Wildman–Crippen MR) is 98.1 cm³/mol. The minimum absolute atomic E-state index is 0.0190. The molecule has 2 saturated carbocycles. The van der Waals surface area contributed by atoms with Gasteiger partial charge in [-0.15, -0.1) is 5.10 Å². The van der Waals surface area contributed by atoms with Crippen LogP contribution in [0.5, 0.6) is 5.75 Å². The van der Waals surface area contributed by atoms with Gasteiger partial charge in [0.1, 0.15) is 5.75 Å². The Kier molecular flexibility index (Phi) is 4.84. The number of thioether (sulfide) groups is 1. The van der Waals surface area contributed by atoms with Gasteiger partial charge in [0.05, 0.1) is 11.4 Å². The number of nitrogens with one attached hydrogen (secondary N) is 1. The summed E-state index contributed by atoms with van der Waals surface area (Å²) < 4.78 is 1.57. The maximum Gasteiger partial charge on any atom is 0.230 e. The van der Waals surface area contributed by atoms with Gasteiger partial charge in [-0.25, -0.2) is 0 Å². The molecule has 7 nitrogen and oxygen atoms in total. The fourth-order valence-electron chi connectivity index (χ4n) is 4.46. The highest BCUT2D eigenvalue weighted by Crippen LogP contribution is 2.49. The summed E-state index contributed by atoms with van der Waals surface area (Å²) >= 11 is 1.31. The van der Waals surface area contributed by atoms with Gasteiger partial charge in [-0.2, -0.15) is 4.68 Å². The molecule has 2 bridgehead atoms. The van der Waals surface area contributed by atoms with Crippen LogP contribution in [0.1, 0.15) is 32.6 Å². The van der Waals surface area contributed by atoms with E-state index in [4.69, 9.17) is 0 Å². The first-order valence-corrected chi connectivity index (χ1v) is 10.1. The molecule has 1 aromatic carbocycles. The van der Waals surface area contributed by atoms with E-state index in [9.17, 15) is 9.90 Å². The zero-order valence-corrected chi connectivity index (χ0v) is 15.5. The average Bonchev–Trinajstić information content (AvgIpc) is 3.37. The fourth-order valence-corrected chi connectivity index (χ4v) is 5.17. The van der Waals surface area contributed by atoms with Crippen molar-refractivity contribution in [3.63, 3.8) is 0 Å². The van der Waals surface area contributed by atoms with Gasteiger partial charge in [0.25, 0.3) is 0 Å². The van der Waals surface area contributed by atoms with Crippen molar-refractivity contribution in [3.8, 4) is 11.4 Å². The lowest BCUT2D eigenvalue weighted by Crippen LogP contribution is -2.40. The molecule has 2 aromatic rings. The molecule has 1 amide bonds. The van der Waals surface area contributed by atoms with Crippen molar-refractivity contribution in [1.29, 1.82) is 0 Å². The number of aromatic hydroxyl groups is 1. The SMILES string of the molecule is C[C@@H](NC(=O)CSc1nnnn1-c1ccc(O)cc1)[C@@H]1C[C@H]2CC[C@H]1C2. The van der Waals surface area contributed by atoms with Gasteiger partial charge < -0.3 is 10.4 Å². The van der Waals surface area contributed by atoms with Gasteiger partial charge >= 0.3 is 0 Å². The summed E-state index contributed by atoms with van der Waals surface area (Å²) in [5, 5.41) is 24.8. The average molecular weight is 373 g/mol. The number of benzene rings is 1. The number of nitrogens with zero attached hydrogens (tertiary/aromatic N) is 4. The largest absolute Gasteiger partial charge is 0.508 e. The van der Waals surface area contributed by atoms with Crippen LogP contribution in [-0.2, 0) is 4.79 Å². The van der Waals surface area contributed by atoms with E-state index in [1.807, 2.05) is 0 Å². The number of carbonyl (C=O) groups is 1. The molecule has 0 radical (unpaired) electrons. The van der Waals surface area contributed by atoms with Crippen molar-refractivity contribution in [2.75, 3.05) is 5.75 Å². The van der Waals surface area contributed by atoms with E-state index in [-0.39, 0.29) is 23.5 Å². The van der Waals surface area contributed by atoms with Crippen molar-refractivity contribution >= 4 is 17.7 Å². The first-order valence-electron chi connectivity index (χ1n) is 9.10.